The fraction of sp³-hybridized carbons (Fsp3) is 0.625. The van der Waals surface area contributed by atoms with Crippen LogP contribution in [-0.4, -0.2) is 0 Å². The molecule has 96 valence electrons. The van der Waals surface area contributed by atoms with E-state index in [0.29, 0.717) is 6.54 Å². The van der Waals surface area contributed by atoms with Gasteiger partial charge in [-0.3, -0.25) is 0 Å². The van der Waals surface area contributed by atoms with Crippen LogP contribution in [0.5, 0.6) is 0 Å². The monoisotopic (exact) mass is 233 g/mol. The maximum Gasteiger partial charge on any atom is 0.0178 e. The van der Waals surface area contributed by atoms with Crippen LogP contribution in [0.25, 0.3) is 0 Å². The van der Waals surface area contributed by atoms with Gasteiger partial charge in [0.1, 0.15) is 0 Å². The van der Waals surface area contributed by atoms with Crippen LogP contribution in [0.4, 0.5) is 0 Å². The summed E-state index contributed by atoms with van der Waals surface area (Å²) in [6.07, 6.45) is 7.90. The zero-order valence-electron chi connectivity index (χ0n) is 11.4. The SMILES string of the molecule is CCCCC(CCCC)c1cccc(CN)c1. The van der Waals surface area contributed by atoms with Crippen molar-refractivity contribution in [1.82, 2.24) is 0 Å². The molecule has 1 aromatic carbocycles. The highest BCUT2D eigenvalue weighted by Crippen LogP contribution is 2.28. The van der Waals surface area contributed by atoms with Crippen molar-refractivity contribution in [3.05, 3.63) is 35.4 Å². The highest BCUT2D eigenvalue weighted by Gasteiger charge is 2.10. The summed E-state index contributed by atoms with van der Waals surface area (Å²) in [5.74, 6) is 0.737. The van der Waals surface area contributed by atoms with Crippen LogP contribution < -0.4 is 5.73 Å². The van der Waals surface area contributed by atoms with Gasteiger partial charge in [0.25, 0.3) is 0 Å². The molecule has 0 heterocycles. The Labute approximate surface area is 106 Å². The molecule has 0 spiro atoms. The van der Waals surface area contributed by atoms with E-state index in [4.69, 9.17) is 5.73 Å². The molecule has 1 rings (SSSR count). The lowest BCUT2D eigenvalue weighted by Gasteiger charge is -2.17. The van der Waals surface area contributed by atoms with Crippen LogP contribution in [-0.2, 0) is 6.54 Å². The number of hydrogen-bond acceptors (Lipinski definition) is 1. The predicted molar refractivity (Wildman–Crippen MR) is 76.1 cm³/mol. The fourth-order valence-corrected chi connectivity index (χ4v) is 2.35. The minimum atomic E-state index is 0.655. The van der Waals surface area contributed by atoms with Gasteiger partial charge >= 0.3 is 0 Å². The molecule has 0 saturated carbocycles. The average molecular weight is 233 g/mol. The highest BCUT2D eigenvalue weighted by molar-refractivity contribution is 5.26. The van der Waals surface area contributed by atoms with Crippen LogP contribution in [0.1, 0.15) is 69.4 Å². The maximum absolute atomic E-state index is 5.72. The third-order valence-electron chi connectivity index (χ3n) is 3.47. The van der Waals surface area contributed by atoms with Gasteiger partial charge in [0, 0.05) is 6.54 Å². The van der Waals surface area contributed by atoms with E-state index in [9.17, 15) is 0 Å². The second-order valence-corrected chi connectivity index (χ2v) is 4.93. The van der Waals surface area contributed by atoms with E-state index in [-0.39, 0.29) is 0 Å². The lowest BCUT2D eigenvalue weighted by atomic mass is 9.88. The van der Waals surface area contributed by atoms with E-state index in [0.717, 1.165) is 5.92 Å². The Morgan fingerprint density at radius 2 is 1.71 bits per heavy atom. The summed E-state index contributed by atoms with van der Waals surface area (Å²) in [7, 11) is 0. The van der Waals surface area contributed by atoms with E-state index in [1.165, 1.54) is 49.7 Å². The Kier molecular flexibility index (Phi) is 6.95. The number of rotatable bonds is 8. The lowest BCUT2D eigenvalue weighted by Crippen LogP contribution is -2.02. The third-order valence-corrected chi connectivity index (χ3v) is 3.47. The molecule has 0 aliphatic carbocycles. The Morgan fingerprint density at radius 3 is 2.24 bits per heavy atom. The smallest absolute Gasteiger partial charge is 0.0178 e. The van der Waals surface area contributed by atoms with Crippen molar-refractivity contribution in [2.24, 2.45) is 5.73 Å². The van der Waals surface area contributed by atoms with Gasteiger partial charge in [0.2, 0.25) is 0 Å². The zero-order valence-corrected chi connectivity index (χ0v) is 11.4. The minimum Gasteiger partial charge on any atom is -0.326 e. The molecule has 17 heavy (non-hydrogen) atoms. The van der Waals surface area contributed by atoms with Crippen LogP contribution in [0.3, 0.4) is 0 Å². The van der Waals surface area contributed by atoms with E-state index < -0.39 is 0 Å². The van der Waals surface area contributed by atoms with Crippen molar-refractivity contribution in [3.63, 3.8) is 0 Å². The average Bonchev–Trinajstić information content (AvgIpc) is 2.39. The molecule has 0 aliphatic rings. The zero-order chi connectivity index (χ0) is 12.5. The summed E-state index contributed by atoms with van der Waals surface area (Å²) in [6, 6.07) is 8.85. The normalized spacial score (nSPS) is 11.1. The van der Waals surface area contributed by atoms with Gasteiger partial charge in [0.15, 0.2) is 0 Å². The van der Waals surface area contributed by atoms with E-state index in [2.05, 4.69) is 38.1 Å². The molecular formula is C16H27N. The number of nitrogens with two attached hydrogens (primary N) is 1. The van der Waals surface area contributed by atoms with E-state index in [1.807, 2.05) is 0 Å². The quantitative estimate of drug-likeness (QED) is 0.697. The highest BCUT2D eigenvalue weighted by atomic mass is 14.5. The largest absolute Gasteiger partial charge is 0.326 e. The van der Waals surface area contributed by atoms with Gasteiger partial charge in [-0.2, -0.15) is 0 Å². The minimum absolute atomic E-state index is 0.655. The Balaban J connectivity index is 2.71. The fourth-order valence-electron chi connectivity index (χ4n) is 2.35. The van der Waals surface area contributed by atoms with Gasteiger partial charge < -0.3 is 5.73 Å². The first-order valence-electron chi connectivity index (χ1n) is 7.10. The third kappa shape index (κ3) is 4.91. The molecule has 0 amide bonds. The molecule has 0 bridgehead atoms. The van der Waals surface area contributed by atoms with Crippen molar-refractivity contribution >= 4 is 0 Å². The molecule has 1 aromatic rings. The molecule has 2 N–H and O–H groups in total. The first kappa shape index (κ1) is 14.2. The Bertz CT molecular complexity index is 298. The summed E-state index contributed by atoms with van der Waals surface area (Å²) in [5, 5.41) is 0. The van der Waals surface area contributed by atoms with Gasteiger partial charge in [-0.05, 0) is 29.9 Å². The Hall–Kier alpha value is -0.820. The number of hydrogen-bond donors (Lipinski definition) is 1. The molecule has 0 aromatic heterocycles. The van der Waals surface area contributed by atoms with Crippen LogP contribution in [0, 0.1) is 0 Å². The topological polar surface area (TPSA) is 26.0 Å². The molecule has 1 nitrogen and oxygen atoms in total. The summed E-state index contributed by atoms with van der Waals surface area (Å²) < 4.78 is 0. The van der Waals surface area contributed by atoms with Crippen LogP contribution >= 0.6 is 0 Å². The van der Waals surface area contributed by atoms with Crippen molar-refractivity contribution in [3.8, 4) is 0 Å². The van der Waals surface area contributed by atoms with Gasteiger partial charge in [-0.25, -0.2) is 0 Å². The molecule has 0 fully saturated rings. The molecule has 0 unspecified atom stereocenters. The summed E-state index contributed by atoms with van der Waals surface area (Å²) >= 11 is 0. The molecule has 0 saturated heterocycles. The molecule has 1 heteroatoms. The second kappa shape index (κ2) is 8.30. The van der Waals surface area contributed by atoms with Crippen molar-refractivity contribution in [2.45, 2.75) is 64.8 Å². The second-order valence-electron chi connectivity index (χ2n) is 4.93. The summed E-state index contributed by atoms with van der Waals surface area (Å²) in [4.78, 5) is 0. The molecular weight excluding hydrogens is 206 g/mol. The lowest BCUT2D eigenvalue weighted by molar-refractivity contribution is 0.524. The predicted octanol–water partition coefficient (Wildman–Crippen LogP) is 4.61. The van der Waals surface area contributed by atoms with Gasteiger partial charge in [-0.15, -0.1) is 0 Å². The van der Waals surface area contributed by atoms with Crippen molar-refractivity contribution in [2.75, 3.05) is 0 Å². The molecule has 0 radical (unpaired) electrons. The van der Waals surface area contributed by atoms with E-state index >= 15 is 0 Å². The van der Waals surface area contributed by atoms with E-state index in [1.54, 1.807) is 0 Å². The summed E-state index contributed by atoms with van der Waals surface area (Å²) in [6.45, 7) is 5.20. The van der Waals surface area contributed by atoms with Gasteiger partial charge in [-0.1, -0.05) is 63.8 Å². The number of unbranched alkanes of at least 4 members (excludes halogenated alkanes) is 2. The first-order chi connectivity index (χ1) is 8.31. The maximum atomic E-state index is 5.72. The summed E-state index contributed by atoms with van der Waals surface area (Å²) in [5.41, 5.74) is 8.48. The standard InChI is InChI=1S/C16H27N/c1-3-5-9-15(10-6-4-2)16-11-7-8-14(12-16)13-17/h7-8,11-12,15H,3-6,9-10,13,17H2,1-2H3. The van der Waals surface area contributed by atoms with Crippen molar-refractivity contribution < 1.29 is 0 Å². The Morgan fingerprint density at radius 1 is 1.06 bits per heavy atom. The van der Waals surface area contributed by atoms with Gasteiger partial charge in [0.05, 0.1) is 0 Å². The number of benzene rings is 1. The van der Waals surface area contributed by atoms with Crippen molar-refractivity contribution in [1.29, 1.82) is 0 Å². The first-order valence-corrected chi connectivity index (χ1v) is 7.10. The molecule has 0 atom stereocenters. The van der Waals surface area contributed by atoms with Crippen LogP contribution in [0.15, 0.2) is 24.3 Å². The molecule has 0 aliphatic heterocycles. The van der Waals surface area contributed by atoms with Crippen LogP contribution in [0.2, 0.25) is 0 Å².